The maximum Gasteiger partial charge on any atom is 0.143 e. The highest BCUT2D eigenvalue weighted by atomic mass is 16.1. The summed E-state index contributed by atoms with van der Waals surface area (Å²) in [6.07, 6.45) is 8.17. The van der Waals surface area contributed by atoms with Crippen LogP contribution < -0.4 is 0 Å². The quantitative estimate of drug-likeness (QED) is 0.748. The molecule has 1 aromatic heterocycles. The number of rotatable bonds is 7. The zero-order valence-electron chi connectivity index (χ0n) is 9.62. The molecule has 0 aliphatic carbocycles. The number of hydrogen-bond acceptors (Lipinski definition) is 2. The Hall–Kier alpha value is -1.12. The van der Waals surface area contributed by atoms with Crippen molar-refractivity contribution in [3.8, 4) is 0 Å². The zero-order chi connectivity index (χ0) is 11.1. The first kappa shape index (κ1) is 12.0. The van der Waals surface area contributed by atoms with E-state index in [0.717, 1.165) is 31.5 Å². The molecule has 3 heteroatoms. The lowest BCUT2D eigenvalue weighted by molar-refractivity contribution is -0.122. The smallest absolute Gasteiger partial charge is 0.143 e. The normalized spacial score (nSPS) is 12.7. The van der Waals surface area contributed by atoms with E-state index in [-0.39, 0.29) is 5.92 Å². The molecule has 3 nitrogen and oxygen atoms in total. The maximum absolute atomic E-state index is 11.9. The van der Waals surface area contributed by atoms with E-state index in [1.54, 1.807) is 12.4 Å². The van der Waals surface area contributed by atoms with Gasteiger partial charge in [-0.15, -0.1) is 0 Å². The molecule has 0 bridgehead atoms. The van der Waals surface area contributed by atoms with Crippen molar-refractivity contribution >= 4 is 5.78 Å². The van der Waals surface area contributed by atoms with Crippen molar-refractivity contribution in [1.29, 1.82) is 0 Å². The fraction of sp³-hybridized carbons (Fsp3) is 0.667. The number of carbonyl (C=O) groups excluding carboxylic acids is 1. The van der Waals surface area contributed by atoms with Gasteiger partial charge in [0.2, 0.25) is 0 Å². The molecule has 0 aromatic carbocycles. The second-order valence-corrected chi connectivity index (χ2v) is 3.93. The van der Waals surface area contributed by atoms with E-state index >= 15 is 0 Å². The van der Waals surface area contributed by atoms with Crippen molar-refractivity contribution < 1.29 is 4.79 Å². The molecule has 0 saturated carbocycles. The number of unbranched alkanes of at least 4 members (excludes halogenated alkanes) is 1. The largest absolute Gasteiger partial charge is 0.348 e. The fourth-order valence-corrected chi connectivity index (χ4v) is 1.75. The Morgan fingerprint density at radius 1 is 1.53 bits per heavy atom. The molecule has 1 heterocycles. The minimum Gasteiger partial charge on any atom is -0.348 e. The Morgan fingerprint density at radius 2 is 2.33 bits per heavy atom. The molecule has 0 amide bonds. The predicted molar refractivity (Wildman–Crippen MR) is 60.6 cm³/mol. The number of ketones is 1. The third-order valence-corrected chi connectivity index (χ3v) is 2.75. The van der Waals surface area contributed by atoms with Crippen LogP contribution in [0, 0.1) is 5.92 Å². The summed E-state index contributed by atoms with van der Waals surface area (Å²) in [5, 5.41) is 0. The Balaban J connectivity index is 2.43. The molecule has 0 radical (unpaired) electrons. The van der Waals surface area contributed by atoms with Gasteiger partial charge in [0.25, 0.3) is 0 Å². The topological polar surface area (TPSA) is 45.8 Å². The number of carbonyl (C=O) groups is 1. The number of aromatic amines is 1. The maximum atomic E-state index is 11.9. The lowest BCUT2D eigenvalue weighted by atomic mass is 9.93. The number of hydrogen-bond donors (Lipinski definition) is 1. The van der Waals surface area contributed by atoms with Gasteiger partial charge in [0, 0.05) is 18.3 Å². The van der Waals surface area contributed by atoms with Crippen molar-refractivity contribution in [2.75, 3.05) is 0 Å². The molecule has 1 aromatic rings. The number of Topliss-reactive ketones (excluding diaryl/α,β-unsaturated/α-hetero) is 1. The summed E-state index contributed by atoms with van der Waals surface area (Å²) < 4.78 is 0. The first-order chi connectivity index (χ1) is 7.27. The van der Waals surface area contributed by atoms with Crippen LogP contribution in [0.5, 0.6) is 0 Å². The molecule has 1 rings (SSSR count). The highest BCUT2D eigenvalue weighted by Crippen LogP contribution is 2.15. The van der Waals surface area contributed by atoms with Crippen LogP contribution in [0.15, 0.2) is 12.4 Å². The van der Waals surface area contributed by atoms with Crippen LogP contribution >= 0.6 is 0 Å². The summed E-state index contributed by atoms with van der Waals surface area (Å²) in [5.41, 5.74) is 0. The Kier molecular flexibility index (Phi) is 5.08. The van der Waals surface area contributed by atoms with Crippen molar-refractivity contribution in [3.63, 3.8) is 0 Å². The summed E-state index contributed by atoms with van der Waals surface area (Å²) in [4.78, 5) is 18.9. The molecular weight excluding hydrogens is 188 g/mol. The number of nitrogens with one attached hydrogen (secondary N) is 1. The lowest BCUT2D eigenvalue weighted by Gasteiger charge is -2.11. The molecule has 0 aliphatic rings. The number of nitrogens with zero attached hydrogens (tertiary/aromatic N) is 1. The van der Waals surface area contributed by atoms with E-state index in [1.165, 1.54) is 0 Å². The standard InChI is InChI=1S/C12H20N2O/c1-3-5-6-10(4-2)11(15)9-12-13-7-8-14-12/h7-8,10H,3-6,9H2,1-2H3,(H,13,14). The summed E-state index contributed by atoms with van der Waals surface area (Å²) in [6.45, 7) is 4.24. The Labute approximate surface area is 91.3 Å². The first-order valence-electron chi connectivity index (χ1n) is 5.78. The van der Waals surface area contributed by atoms with Gasteiger partial charge in [-0.25, -0.2) is 4.98 Å². The fourth-order valence-electron chi connectivity index (χ4n) is 1.75. The van der Waals surface area contributed by atoms with Crippen LogP contribution in [0.3, 0.4) is 0 Å². The molecule has 0 saturated heterocycles. The van der Waals surface area contributed by atoms with Gasteiger partial charge < -0.3 is 4.98 Å². The number of imidazole rings is 1. The monoisotopic (exact) mass is 208 g/mol. The molecule has 1 N–H and O–H groups in total. The van der Waals surface area contributed by atoms with E-state index in [0.29, 0.717) is 12.2 Å². The van der Waals surface area contributed by atoms with Crippen LogP contribution in [-0.4, -0.2) is 15.8 Å². The summed E-state index contributed by atoms with van der Waals surface area (Å²) in [7, 11) is 0. The Morgan fingerprint density at radius 3 is 2.87 bits per heavy atom. The molecular formula is C12H20N2O. The average Bonchev–Trinajstić information content (AvgIpc) is 2.71. The average molecular weight is 208 g/mol. The van der Waals surface area contributed by atoms with Gasteiger partial charge in [-0.2, -0.15) is 0 Å². The van der Waals surface area contributed by atoms with Gasteiger partial charge in [0.05, 0.1) is 6.42 Å². The predicted octanol–water partition coefficient (Wildman–Crippen LogP) is 2.74. The highest BCUT2D eigenvalue weighted by Gasteiger charge is 2.16. The number of aromatic nitrogens is 2. The second-order valence-electron chi connectivity index (χ2n) is 3.93. The van der Waals surface area contributed by atoms with E-state index in [2.05, 4.69) is 23.8 Å². The second kappa shape index (κ2) is 6.38. The molecule has 0 aliphatic heterocycles. The SMILES string of the molecule is CCCCC(CC)C(=O)Cc1ncc[nH]1. The van der Waals surface area contributed by atoms with Gasteiger partial charge in [0.15, 0.2) is 0 Å². The van der Waals surface area contributed by atoms with Crippen molar-refractivity contribution in [2.24, 2.45) is 5.92 Å². The molecule has 1 unspecified atom stereocenters. The van der Waals surface area contributed by atoms with E-state index in [4.69, 9.17) is 0 Å². The summed E-state index contributed by atoms with van der Waals surface area (Å²) in [5.74, 6) is 1.32. The van der Waals surface area contributed by atoms with Crippen LogP contribution in [-0.2, 0) is 11.2 Å². The summed E-state index contributed by atoms with van der Waals surface area (Å²) in [6, 6.07) is 0. The van der Waals surface area contributed by atoms with Crippen LogP contribution in [0.25, 0.3) is 0 Å². The van der Waals surface area contributed by atoms with Crippen molar-refractivity contribution in [2.45, 2.75) is 46.0 Å². The van der Waals surface area contributed by atoms with E-state index < -0.39 is 0 Å². The minimum atomic E-state index is 0.218. The third-order valence-electron chi connectivity index (χ3n) is 2.75. The summed E-state index contributed by atoms with van der Waals surface area (Å²) >= 11 is 0. The lowest BCUT2D eigenvalue weighted by Crippen LogP contribution is -2.16. The van der Waals surface area contributed by atoms with Gasteiger partial charge in [-0.05, 0) is 12.8 Å². The van der Waals surface area contributed by atoms with Gasteiger partial charge in [0.1, 0.15) is 11.6 Å². The van der Waals surface area contributed by atoms with Crippen LogP contribution in [0.4, 0.5) is 0 Å². The molecule has 0 fully saturated rings. The molecule has 1 atom stereocenters. The molecule has 0 spiro atoms. The van der Waals surface area contributed by atoms with E-state index in [9.17, 15) is 4.79 Å². The van der Waals surface area contributed by atoms with Gasteiger partial charge in [-0.1, -0.05) is 26.7 Å². The number of H-pyrrole nitrogens is 1. The zero-order valence-corrected chi connectivity index (χ0v) is 9.62. The van der Waals surface area contributed by atoms with E-state index in [1.807, 2.05) is 0 Å². The minimum absolute atomic E-state index is 0.218. The first-order valence-corrected chi connectivity index (χ1v) is 5.78. The molecule has 84 valence electrons. The van der Waals surface area contributed by atoms with Crippen molar-refractivity contribution in [3.05, 3.63) is 18.2 Å². The third kappa shape index (κ3) is 3.86. The van der Waals surface area contributed by atoms with Gasteiger partial charge in [-0.3, -0.25) is 4.79 Å². The van der Waals surface area contributed by atoms with Crippen LogP contribution in [0.2, 0.25) is 0 Å². The highest BCUT2D eigenvalue weighted by molar-refractivity contribution is 5.82. The van der Waals surface area contributed by atoms with Crippen molar-refractivity contribution in [1.82, 2.24) is 9.97 Å². The molecule has 15 heavy (non-hydrogen) atoms. The Bertz CT molecular complexity index is 280. The van der Waals surface area contributed by atoms with Gasteiger partial charge >= 0.3 is 0 Å². The van der Waals surface area contributed by atoms with Crippen LogP contribution in [0.1, 0.15) is 45.4 Å².